The smallest absolute Gasteiger partial charge is 0.275 e. The van der Waals surface area contributed by atoms with Crippen LogP contribution in [0.1, 0.15) is 28.9 Å². The van der Waals surface area contributed by atoms with Crippen molar-refractivity contribution in [2.75, 3.05) is 32.7 Å². The standard InChI is InChI=1S/C22H25N5O3/c28-22(21-19-16-18(27(29)30)9-10-20(19)23-24-21)26-13-5-12-25(14-15-26)11-4-8-17-6-2-1-3-7-17/h1-3,6-7,9-10,16H,4-5,8,11-15H2,(H,23,24). The zero-order valence-electron chi connectivity index (χ0n) is 16.8. The second-order valence-electron chi connectivity index (χ2n) is 7.64. The highest BCUT2D eigenvalue weighted by atomic mass is 16.6. The van der Waals surface area contributed by atoms with Crippen molar-refractivity contribution in [1.29, 1.82) is 0 Å². The van der Waals surface area contributed by atoms with E-state index in [1.54, 1.807) is 6.07 Å². The maximum Gasteiger partial charge on any atom is 0.275 e. The van der Waals surface area contributed by atoms with Crippen LogP contribution in [0.2, 0.25) is 0 Å². The number of aromatic nitrogens is 2. The first-order chi connectivity index (χ1) is 14.6. The first-order valence-electron chi connectivity index (χ1n) is 10.3. The Kier molecular flexibility index (Phi) is 6.04. The topological polar surface area (TPSA) is 95.4 Å². The van der Waals surface area contributed by atoms with Gasteiger partial charge < -0.3 is 9.80 Å². The molecule has 0 bridgehead atoms. The molecule has 1 amide bonds. The lowest BCUT2D eigenvalue weighted by Gasteiger charge is -2.21. The summed E-state index contributed by atoms with van der Waals surface area (Å²) in [7, 11) is 0. The Balaban J connectivity index is 1.37. The van der Waals surface area contributed by atoms with Crippen LogP contribution in [-0.2, 0) is 6.42 Å². The third kappa shape index (κ3) is 4.49. The van der Waals surface area contributed by atoms with Gasteiger partial charge in [-0.25, -0.2) is 0 Å². The Morgan fingerprint density at radius 3 is 2.73 bits per heavy atom. The summed E-state index contributed by atoms with van der Waals surface area (Å²) < 4.78 is 0. The summed E-state index contributed by atoms with van der Waals surface area (Å²) in [6.45, 7) is 4.09. The molecule has 30 heavy (non-hydrogen) atoms. The van der Waals surface area contributed by atoms with Crippen molar-refractivity contribution in [2.45, 2.75) is 19.3 Å². The van der Waals surface area contributed by atoms with E-state index in [1.807, 2.05) is 11.0 Å². The number of aromatic amines is 1. The monoisotopic (exact) mass is 407 g/mol. The molecule has 8 heteroatoms. The highest BCUT2D eigenvalue weighted by Crippen LogP contribution is 2.23. The van der Waals surface area contributed by atoms with E-state index >= 15 is 0 Å². The normalized spacial score (nSPS) is 15.3. The van der Waals surface area contributed by atoms with Gasteiger partial charge in [0.15, 0.2) is 5.69 Å². The summed E-state index contributed by atoms with van der Waals surface area (Å²) in [5.74, 6) is -0.173. The third-order valence-electron chi connectivity index (χ3n) is 5.62. The van der Waals surface area contributed by atoms with Crippen LogP contribution < -0.4 is 0 Å². The summed E-state index contributed by atoms with van der Waals surface area (Å²) in [6.07, 6.45) is 3.04. The minimum Gasteiger partial charge on any atom is -0.336 e. The average Bonchev–Trinajstić information content (AvgIpc) is 3.04. The van der Waals surface area contributed by atoms with Gasteiger partial charge in [0.25, 0.3) is 11.6 Å². The van der Waals surface area contributed by atoms with E-state index < -0.39 is 4.92 Å². The second-order valence-corrected chi connectivity index (χ2v) is 7.64. The van der Waals surface area contributed by atoms with Gasteiger partial charge in [-0.1, -0.05) is 30.3 Å². The first kappa shape index (κ1) is 20.0. The fraction of sp³-hybridized carbons (Fsp3) is 0.364. The number of nitro groups is 1. The van der Waals surface area contributed by atoms with Gasteiger partial charge >= 0.3 is 0 Å². The largest absolute Gasteiger partial charge is 0.336 e. The van der Waals surface area contributed by atoms with E-state index in [0.29, 0.717) is 24.0 Å². The summed E-state index contributed by atoms with van der Waals surface area (Å²) in [5.41, 5.74) is 2.19. The molecule has 2 heterocycles. The molecule has 1 aliphatic rings. The SMILES string of the molecule is O=C(c1n[nH]c2ccc([N+](=O)[O-])cc12)N1CCCN(CCCc2ccccc2)CC1. The molecule has 0 aliphatic carbocycles. The van der Waals surface area contributed by atoms with E-state index in [2.05, 4.69) is 39.4 Å². The number of nitrogens with one attached hydrogen (secondary N) is 1. The Morgan fingerprint density at radius 2 is 1.93 bits per heavy atom. The van der Waals surface area contributed by atoms with E-state index in [1.165, 1.54) is 17.7 Å². The van der Waals surface area contributed by atoms with Crippen LogP contribution in [0.25, 0.3) is 10.9 Å². The molecule has 0 atom stereocenters. The molecule has 0 unspecified atom stereocenters. The van der Waals surface area contributed by atoms with E-state index in [0.717, 1.165) is 38.9 Å². The van der Waals surface area contributed by atoms with Crippen LogP contribution in [0.5, 0.6) is 0 Å². The molecule has 3 aromatic rings. The zero-order valence-corrected chi connectivity index (χ0v) is 16.8. The molecule has 0 saturated carbocycles. The number of hydrogen-bond acceptors (Lipinski definition) is 5. The van der Waals surface area contributed by atoms with Crippen molar-refractivity contribution in [3.05, 3.63) is 69.9 Å². The highest BCUT2D eigenvalue weighted by molar-refractivity contribution is 6.05. The summed E-state index contributed by atoms with van der Waals surface area (Å²) >= 11 is 0. The maximum atomic E-state index is 13.1. The van der Waals surface area contributed by atoms with Gasteiger partial charge in [-0.3, -0.25) is 20.0 Å². The highest BCUT2D eigenvalue weighted by Gasteiger charge is 2.24. The van der Waals surface area contributed by atoms with E-state index in [9.17, 15) is 14.9 Å². The Hall–Kier alpha value is -3.26. The number of fused-ring (bicyclic) bond motifs is 1. The summed E-state index contributed by atoms with van der Waals surface area (Å²) in [5, 5.41) is 18.5. The molecule has 1 saturated heterocycles. The predicted octanol–water partition coefficient (Wildman–Crippen LogP) is 3.25. The number of nitrogens with zero attached hydrogens (tertiary/aromatic N) is 4. The van der Waals surface area contributed by atoms with Crippen LogP contribution in [0.15, 0.2) is 48.5 Å². The van der Waals surface area contributed by atoms with E-state index in [4.69, 9.17) is 0 Å². The van der Waals surface area contributed by atoms with Gasteiger partial charge in [0.1, 0.15) is 0 Å². The van der Waals surface area contributed by atoms with Crippen LogP contribution in [-0.4, -0.2) is 63.6 Å². The van der Waals surface area contributed by atoms with Crippen LogP contribution in [0, 0.1) is 10.1 Å². The molecule has 1 fully saturated rings. The van der Waals surface area contributed by atoms with E-state index in [-0.39, 0.29) is 17.3 Å². The van der Waals surface area contributed by atoms with Crippen LogP contribution in [0.3, 0.4) is 0 Å². The number of aryl methyl sites for hydroxylation is 1. The van der Waals surface area contributed by atoms with Crippen LogP contribution in [0.4, 0.5) is 5.69 Å². The first-order valence-corrected chi connectivity index (χ1v) is 10.3. The minimum absolute atomic E-state index is 0.0431. The molecule has 156 valence electrons. The van der Waals surface area contributed by atoms with Crippen molar-refractivity contribution in [3.63, 3.8) is 0 Å². The number of carbonyl (C=O) groups is 1. The minimum atomic E-state index is -0.458. The molecule has 8 nitrogen and oxygen atoms in total. The molecule has 4 rings (SSSR count). The van der Waals surface area contributed by atoms with Crippen molar-refractivity contribution in [3.8, 4) is 0 Å². The fourth-order valence-corrected chi connectivity index (χ4v) is 3.98. The van der Waals surface area contributed by atoms with Gasteiger partial charge in [0, 0.05) is 37.2 Å². The molecule has 2 aromatic carbocycles. The molecule has 1 aliphatic heterocycles. The Labute approximate surface area is 174 Å². The number of rotatable bonds is 6. The van der Waals surface area contributed by atoms with Gasteiger partial charge in [-0.05, 0) is 44.0 Å². The summed E-state index contributed by atoms with van der Waals surface area (Å²) in [4.78, 5) is 27.9. The number of amides is 1. The predicted molar refractivity (Wildman–Crippen MR) is 114 cm³/mol. The van der Waals surface area contributed by atoms with Crippen LogP contribution >= 0.6 is 0 Å². The second kappa shape index (κ2) is 9.04. The maximum absolute atomic E-state index is 13.1. The number of hydrogen-bond donors (Lipinski definition) is 1. The fourth-order valence-electron chi connectivity index (χ4n) is 3.98. The lowest BCUT2D eigenvalue weighted by atomic mass is 10.1. The number of non-ortho nitro benzene ring substituents is 1. The zero-order chi connectivity index (χ0) is 20.9. The molecule has 0 radical (unpaired) electrons. The molecule has 1 aromatic heterocycles. The van der Waals surface area contributed by atoms with Gasteiger partial charge in [0.2, 0.25) is 0 Å². The lowest BCUT2D eigenvalue weighted by Crippen LogP contribution is -2.35. The van der Waals surface area contributed by atoms with Gasteiger partial charge in [-0.15, -0.1) is 0 Å². The number of H-pyrrole nitrogens is 1. The van der Waals surface area contributed by atoms with Crippen molar-refractivity contribution >= 4 is 22.5 Å². The summed E-state index contributed by atoms with van der Waals surface area (Å²) in [6, 6.07) is 14.9. The number of carbonyl (C=O) groups excluding carboxylic acids is 1. The molecule has 1 N–H and O–H groups in total. The molecular weight excluding hydrogens is 382 g/mol. The Morgan fingerprint density at radius 1 is 1.10 bits per heavy atom. The van der Waals surface area contributed by atoms with Crippen molar-refractivity contribution < 1.29 is 9.72 Å². The van der Waals surface area contributed by atoms with Gasteiger partial charge in [0.05, 0.1) is 10.4 Å². The average molecular weight is 407 g/mol. The lowest BCUT2D eigenvalue weighted by molar-refractivity contribution is -0.384. The Bertz CT molecular complexity index is 1030. The number of benzene rings is 2. The molecule has 0 spiro atoms. The van der Waals surface area contributed by atoms with Crippen molar-refractivity contribution in [1.82, 2.24) is 20.0 Å². The number of nitro benzene ring substituents is 1. The quantitative estimate of drug-likeness (QED) is 0.500. The van der Waals surface area contributed by atoms with Crippen molar-refractivity contribution in [2.24, 2.45) is 0 Å². The van der Waals surface area contributed by atoms with Gasteiger partial charge in [-0.2, -0.15) is 5.10 Å². The molecular formula is C22H25N5O3. The third-order valence-corrected chi connectivity index (χ3v) is 5.62.